The molecule has 0 saturated carbocycles. The zero-order valence-corrected chi connectivity index (χ0v) is 13.4. The smallest absolute Gasteiger partial charge is 0.323 e. The summed E-state index contributed by atoms with van der Waals surface area (Å²) in [5.74, 6) is 0.941. The van der Waals surface area contributed by atoms with Gasteiger partial charge in [-0.15, -0.1) is 0 Å². The Morgan fingerprint density at radius 1 is 1.17 bits per heavy atom. The normalized spacial score (nSPS) is 14.8. The summed E-state index contributed by atoms with van der Waals surface area (Å²) < 4.78 is 5.78. The first-order valence-corrected chi connectivity index (χ1v) is 8.06. The number of hydrogen-bond acceptors (Lipinski definition) is 3. The molecule has 3 aromatic rings. The summed E-state index contributed by atoms with van der Waals surface area (Å²) in [6, 6.07) is 14.2. The summed E-state index contributed by atoms with van der Waals surface area (Å²) in [6.45, 7) is 3.49. The van der Waals surface area contributed by atoms with Crippen LogP contribution < -0.4 is 15.7 Å². The van der Waals surface area contributed by atoms with Crippen LogP contribution in [-0.4, -0.2) is 23.1 Å². The van der Waals surface area contributed by atoms with Crippen molar-refractivity contribution in [2.45, 2.75) is 13.0 Å². The number of para-hydroxylation sites is 1. The molecule has 5 nitrogen and oxygen atoms in total. The third kappa shape index (κ3) is 2.86. The molecule has 1 aliphatic heterocycles. The molecule has 0 unspecified atom stereocenters. The Kier molecular flexibility index (Phi) is 3.70. The molecule has 1 atom stereocenters. The fraction of sp³-hybridized carbons (Fsp3) is 0.211. The summed E-state index contributed by atoms with van der Waals surface area (Å²) in [5.41, 5.74) is 4.97. The van der Waals surface area contributed by atoms with Crippen LogP contribution in [0.25, 0.3) is 17.1 Å². The third-order valence-corrected chi connectivity index (χ3v) is 4.37. The Hall–Kier alpha value is -2.79. The van der Waals surface area contributed by atoms with Crippen molar-refractivity contribution in [3.05, 3.63) is 69.6 Å². The van der Waals surface area contributed by atoms with Crippen molar-refractivity contribution in [3.8, 4) is 5.75 Å². The molecule has 24 heavy (non-hydrogen) atoms. The van der Waals surface area contributed by atoms with Gasteiger partial charge in [0.25, 0.3) is 0 Å². The quantitative estimate of drug-likeness (QED) is 0.692. The zero-order valence-electron chi connectivity index (χ0n) is 13.4. The average Bonchev–Trinajstić information content (AvgIpc) is 2.98. The highest BCUT2D eigenvalue weighted by Gasteiger charge is 2.12. The molecule has 0 radical (unpaired) electrons. The number of benzene rings is 2. The first-order valence-electron chi connectivity index (χ1n) is 8.06. The maximum absolute atomic E-state index is 11.4. The molecule has 0 amide bonds. The third-order valence-electron chi connectivity index (χ3n) is 4.37. The molecule has 5 heteroatoms. The predicted octanol–water partition coefficient (Wildman–Crippen LogP) is 2.98. The second-order valence-corrected chi connectivity index (χ2v) is 6.12. The topological polar surface area (TPSA) is 69.9 Å². The second-order valence-electron chi connectivity index (χ2n) is 6.12. The van der Waals surface area contributed by atoms with Gasteiger partial charge in [-0.3, -0.25) is 0 Å². The van der Waals surface area contributed by atoms with Gasteiger partial charge in [0.1, 0.15) is 12.4 Å². The Balaban J connectivity index is 1.47. The van der Waals surface area contributed by atoms with Crippen molar-refractivity contribution in [2.24, 2.45) is 0 Å². The number of rotatable bonds is 4. The molecule has 1 aliphatic rings. The van der Waals surface area contributed by atoms with E-state index in [0.29, 0.717) is 6.61 Å². The molecular formula is C19H19N3O2. The van der Waals surface area contributed by atoms with Crippen LogP contribution in [0.3, 0.4) is 0 Å². The van der Waals surface area contributed by atoms with Crippen LogP contribution in [0, 0.1) is 0 Å². The lowest BCUT2D eigenvalue weighted by atomic mass is 10.1. The van der Waals surface area contributed by atoms with Gasteiger partial charge in [0.15, 0.2) is 0 Å². The van der Waals surface area contributed by atoms with Crippen LogP contribution in [0.15, 0.2) is 52.8 Å². The number of H-pyrrole nitrogens is 2. The fourth-order valence-electron chi connectivity index (χ4n) is 2.99. The van der Waals surface area contributed by atoms with E-state index in [1.165, 1.54) is 5.57 Å². The Morgan fingerprint density at radius 2 is 2.00 bits per heavy atom. The Morgan fingerprint density at radius 3 is 2.92 bits per heavy atom. The highest BCUT2D eigenvalue weighted by Crippen LogP contribution is 2.25. The Bertz CT molecular complexity index is 968. The summed E-state index contributed by atoms with van der Waals surface area (Å²) >= 11 is 0. The number of hydrogen-bond donors (Lipinski definition) is 3. The second kappa shape index (κ2) is 6.02. The molecule has 0 fully saturated rings. The van der Waals surface area contributed by atoms with Gasteiger partial charge < -0.3 is 20.0 Å². The fourth-order valence-corrected chi connectivity index (χ4v) is 2.99. The van der Waals surface area contributed by atoms with Gasteiger partial charge in [0.2, 0.25) is 0 Å². The lowest BCUT2D eigenvalue weighted by Crippen LogP contribution is -2.24. The maximum Gasteiger partial charge on any atom is 0.323 e. The summed E-state index contributed by atoms with van der Waals surface area (Å²) in [7, 11) is 0. The van der Waals surface area contributed by atoms with Crippen molar-refractivity contribution in [3.63, 3.8) is 0 Å². The molecule has 2 heterocycles. The molecule has 0 aliphatic carbocycles. The van der Waals surface area contributed by atoms with Gasteiger partial charge in [-0.25, -0.2) is 4.79 Å². The van der Waals surface area contributed by atoms with Crippen LogP contribution in [0.4, 0.5) is 0 Å². The highest BCUT2D eigenvalue weighted by atomic mass is 16.5. The van der Waals surface area contributed by atoms with E-state index in [9.17, 15) is 4.79 Å². The largest absolute Gasteiger partial charge is 0.489 e. The van der Waals surface area contributed by atoms with Crippen molar-refractivity contribution in [1.82, 2.24) is 15.3 Å². The number of imidazole rings is 1. The molecule has 4 rings (SSSR count). The van der Waals surface area contributed by atoms with E-state index in [4.69, 9.17) is 4.74 Å². The van der Waals surface area contributed by atoms with Crippen LogP contribution in [0.2, 0.25) is 0 Å². The number of fused-ring (bicyclic) bond motifs is 2. The van der Waals surface area contributed by atoms with Gasteiger partial charge in [-0.1, -0.05) is 24.3 Å². The first kappa shape index (κ1) is 14.8. The van der Waals surface area contributed by atoms with Crippen LogP contribution in [0.1, 0.15) is 24.1 Å². The number of aromatic nitrogens is 2. The van der Waals surface area contributed by atoms with E-state index in [2.05, 4.69) is 34.4 Å². The minimum Gasteiger partial charge on any atom is -0.489 e. The molecule has 0 bridgehead atoms. The molecular weight excluding hydrogens is 302 g/mol. The highest BCUT2D eigenvalue weighted by molar-refractivity contribution is 5.75. The van der Waals surface area contributed by atoms with Crippen LogP contribution >= 0.6 is 0 Å². The van der Waals surface area contributed by atoms with Gasteiger partial charge in [-0.2, -0.15) is 0 Å². The van der Waals surface area contributed by atoms with E-state index < -0.39 is 0 Å². The maximum atomic E-state index is 11.4. The number of aromatic amines is 2. The molecule has 0 spiro atoms. The van der Waals surface area contributed by atoms with E-state index >= 15 is 0 Å². The lowest BCUT2D eigenvalue weighted by molar-refractivity contribution is 0.341. The van der Waals surface area contributed by atoms with Crippen molar-refractivity contribution < 1.29 is 4.74 Å². The zero-order chi connectivity index (χ0) is 16.5. The van der Waals surface area contributed by atoms with Gasteiger partial charge >= 0.3 is 5.69 Å². The molecule has 1 aromatic heterocycles. The van der Waals surface area contributed by atoms with E-state index in [-0.39, 0.29) is 11.7 Å². The molecule has 122 valence electrons. The minimum atomic E-state index is -0.175. The standard InChI is InChI=1S/C19H19N3O2/c1-12(14-6-7-16-17(9-14)22-19(23)21-16)20-10-13-8-15-4-2-3-5-18(15)24-11-13/h2-9,12,20H,10-11H2,1H3,(H2,21,22,23)/t12-/m0/s1. The van der Waals surface area contributed by atoms with Crippen molar-refractivity contribution >= 4 is 17.1 Å². The average molecular weight is 321 g/mol. The number of ether oxygens (including phenoxy) is 1. The molecule has 3 N–H and O–H groups in total. The monoisotopic (exact) mass is 321 g/mol. The predicted molar refractivity (Wildman–Crippen MR) is 95.3 cm³/mol. The van der Waals surface area contributed by atoms with Crippen molar-refractivity contribution in [2.75, 3.05) is 13.2 Å². The summed E-state index contributed by atoms with van der Waals surface area (Å²) in [5, 5.41) is 3.52. The van der Waals surface area contributed by atoms with E-state index in [1.807, 2.05) is 36.4 Å². The van der Waals surface area contributed by atoms with Gasteiger partial charge in [-0.05, 0) is 42.3 Å². The van der Waals surface area contributed by atoms with Gasteiger partial charge in [0.05, 0.1) is 11.0 Å². The molecule has 2 aromatic carbocycles. The van der Waals surface area contributed by atoms with Crippen LogP contribution in [0.5, 0.6) is 5.75 Å². The molecule has 0 saturated heterocycles. The van der Waals surface area contributed by atoms with E-state index in [0.717, 1.165) is 34.5 Å². The first-order chi connectivity index (χ1) is 11.7. The summed E-state index contributed by atoms with van der Waals surface area (Å²) in [6.07, 6.45) is 2.19. The number of nitrogens with one attached hydrogen (secondary N) is 3. The van der Waals surface area contributed by atoms with Crippen molar-refractivity contribution in [1.29, 1.82) is 0 Å². The van der Waals surface area contributed by atoms with Crippen LogP contribution in [-0.2, 0) is 0 Å². The summed E-state index contributed by atoms with van der Waals surface area (Å²) in [4.78, 5) is 16.9. The van der Waals surface area contributed by atoms with E-state index in [1.54, 1.807) is 0 Å². The minimum absolute atomic E-state index is 0.172. The van der Waals surface area contributed by atoms with Gasteiger partial charge in [0, 0.05) is 18.2 Å². The Labute approximate surface area is 139 Å². The SMILES string of the molecule is C[C@H](NCC1=Cc2ccccc2OC1)c1ccc2[nH]c(=O)[nH]c2c1. The lowest BCUT2D eigenvalue weighted by Gasteiger charge is -2.20.